The van der Waals surface area contributed by atoms with Gasteiger partial charge in [0.05, 0.1) is 5.41 Å². The lowest BCUT2D eigenvalue weighted by molar-refractivity contribution is -0.128. The van der Waals surface area contributed by atoms with E-state index in [4.69, 9.17) is 0 Å². The second-order valence-corrected chi connectivity index (χ2v) is 7.90. The van der Waals surface area contributed by atoms with Crippen LogP contribution in [0.5, 0.6) is 0 Å². The van der Waals surface area contributed by atoms with E-state index in [0.29, 0.717) is 22.9 Å². The van der Waals surface area contributed by atoms with Gasteiger partial charge in [0.25, 0.3) is 5.91 Å². The number of aryl methyl sites for hydroxylation is 1. The molecule has 8 heteroatoms. The highest BCUT2D eigenvalue weighted by atomic mass is 35.5. The minimum absolute atomic E-state index is 0. The van der Waals surface area contributed by atoms with Crippen LogP contribution in [0.2, 0.25) is 0 Å². The molecule has 1 saturated carbocycles. The van der Waals surface area contributed by atoms with Crippen molar-refractivity contribution in [2.45, 2.75) is 32.6 Å². The van der Waals surface area contributed by atoms with Gasteiger partial charge in [-0.05, 0) is 62.1 Å². The zero-order valence-corrected chi connectivity index (χ0v) is 18.6. The molecule has 2 amide bonds. The SMILES string of the molecule is Cc1ccc(NC(=O)[C@@]23CCCC[C@H]2CNC3)cc1NC(=O)c1ccncc1.Cl.Cl. The number of carbonyl (C=O) groups is 2. The molecule has 30 heavy (non-hydrogen) atoms. The molecule has 0 radical (unpaired) electrons. The first-order chi connectivity index (χ1) is 13.6. The van der Waals surface area contributed by atoms with E-state index in [-0.39, 0.29) is 42.0 Å². The highest BCUT2D eigenvalue weighted by Gasteiger charge is 2.49. The van der Waals surface area contributed by atoms with Crippen LogP contribution in [0.4, 0.5) is 11.4 Å². The van der Waals surface area contributed by atoms with Crippen LogP contribution >= 0.6 is 24.8 Å². The van der Waals surface area contributed by atoms with Crippen molar-refractivity contribution < 1.29 is 9.59 Å². The van der Waals surface area contributed by atoms with Gasteiger partial charge in [-0.25, -0.2) is 0 Å². The third-order valence-electron chi connectivity index (χ3n) is 6.18. The number of fused-ring (bicyclic) bond motifs is 1. The summed E-state index contributed by atoms with van der Waals surface area (Å²) in [6, 6.07) is 8.99. The van der Waals surface area contributed by atoms with Crippen LogP contribution in [0.15, 0.2) is 42.7 Å². The Hall–Kier alpha value is -2.15. The Morgan fingerprint density at radius 2 is 1.87 bits per heavy atom. The first kappa shape index (κ1) is 24.1. The highest BCUT2D eigenvalue weighted by molar-refractivity contribution is 6.05. The van der Waals surface area contributed by atoms with Crippen LogP contribution in [0.25, 0.3) is 0 Å². The van der Waals surface area contributed by atoms with Gasteiger partial charge in [-0.1, -0.05) is 18.9 Å². The fourth-order valence-electron chi connectivity index (χ4n) is 4.48. The van der Waals surface area contributed by atoms with E-state index in [1.165, 1.54) is 6.42 Å². The lowest BCUT2D eigenvalue weighted by Crippen LogP contribution is -2.44. The molecule has 4 rings (SSSR count). The van der Waals surface area contributed by atoms with Gasteiger partial charge in [0.15, 0.2) is 0 Å². The van der Waals surface area contributed by atoms with Crippen molar-refractivity contribution in [3.8, 4) is 0 Å². The van der Waals surface area contributed by atoms with Gasteiger partial charge in [-0.3, -0.25) is 14.6 Å². The standard InChI is InChI=1S/C22H26N4O2.2ClH/c1-15-5-6-18(12-19(15)26-20(27)16-7-10-23-11-8-16)25-21(28)22-9-3-2-4-17(22)13-24-14-22;;/h5-8,10-12,17,24H,2-4,9,13-14H2,1H3,(H,25,28)(H,26,27);2*1H/t17-,22+;;/m0../s1. The number of halogens is 2. The third kappa shape index (κ3) is 4.77. The van der Waals surface area contributed by atoms with Crippen LogP contribution in [-0.4, -0.2) is 29.9 Å². The van der Waals surface area contributed by atoms with Crippen LogP contribution in [0.3, 0.4) is 0 Å². The summed E-state index contributed by atoms with van der Waals surface area (Å²) in [7, 11) is 0. The Morgan fingerprint density at radius 1 is 1.10 bits per heavy atom. The number of nitrogens with zero attached hydrogens (tertiary/aromatic N) is 1. The Bertz CT molecular complexity index is 894. The lowest BCUT2D eigenvalue weighted by atomic mass is 9.67. The highest BCUT2D eigenvalue weighted by Crippen LogP contribution is 2.44. The van der Waals surface area contributed by atoms with Gasteiger partial charge in [0, 0.05) is 35.9 Å². The molecule has 0 unspecified atom stereocenters. The average molecular weight is 451 g/mol. The Balaban J connectivity index is 0.00000160. The van der Waals surface area contributed by atoms with Gasteiger partial charge >= 0.3 is 0 Å². The smallest absolute Gasteiger partial charge is 0.255 e. The van der Waals surface area contributed by atoms with Crippen LogP contribution in [0, 0.1) is 18.3 Å². The molecule has 0 bridgehead atoms. The molecule has 1 aromatic heterocycles. The lowest BCUT2D eigenvalue weighted by Gasteiger charge is -2.37. The largest absolute Gasteiger partial charge is 0.325 e. The summed E-state index contributed by atoms with van der Waals surface area (Å²) in [6.07, 6.45) is 7.54. The molecule has 2 aromatic rings. The third-order valence-corrected chi connectivity index (χ3v) is 6.18. The summed E-state index contributed by atoms with van der Waals surface area (Å²) in [5, 5.41) is 9.46. The number of hydrogen-bond donors (Lipinski definition) is 3. The fraction of sp³-hybridized carbons (Fsp3) is 0.409. The summed E-state index contributed by atoms with van der Waals surface area (Å²) in [5.41, 5.74) is 2.60. The molecular weight excluding hydrogens is 423 g/mol. The molecule has 3 N–H and O–H groups in total. The predicted octanol–water partition coefficient (Wildman–Crippen LogP) is 4.20. The maximum Gasteiger partial charge on any atom is 0.255 e. The molecule has 6 nitrogen and oxygen atoms in total. The van der Waals surface area contributed by atoms with E-state index >= 15 is 0 Å². The number of benzene rings is 1. The normalized spacial score (nSPS) is 22.1. The Morgan fingerprint density at radius 3 is 2.63 bits per heavy atom. The summed E-state index contributed by atoms with van der Waals surface area (Å²) in [4.78, 5) is 29.6. The number of amides is 2. The van der Waals surface area contributed by atoms with Crippen molar-refractivity contribution in [2.75, 3.05) is 23.7 Å². The van der Waals surface area contributed by atoms with E-state index in [1.807, 2.05) is 25.1 Å². The molecule has 1 aliphatic heterocycles. The number of nitrogens with one attached hydrogen (secondary N) is 3. The predicted molar refractivity (Wildman–Crippen MR) is 124 cm³/mol. The van der Waals surface area contributed by atoms with Gasteiger partial charge < -0.3 is 16.0 Å². The minimum Gasteiger partial charge on any atom is -0.325 e. The summed E-state index contributed by atoms with van der Waals surface area (Å²) >= 11 is 0. The van der Waals surface area contributed by atoms with Gasteiger partial charge in [0.2, 0.25) is 5.91 Å². The van der Waals surface area contributed by atoms with Crippen molar-refractivity contribution in [1.82, 2.24) is 10.3 Å². The molecular formula is C22H28Cl2N4O2. The zero-order chi connectivity index (χ0) is 19.6. The molecule has 1 aromatic carbocycles. The first-order valence-electron chi connectivity index (χ1n) is 9.93. The second kappa shape index (κ2) is 10.2. The summed E-state index contributed by atoms with van der Waals surface area (Å²) in [5.74, 6) is 0.315. The number of pyridine rings is 1. The first-order valence-corrected chi connectivity index (χ1v) is 9.93. The minimum atomic E-state index is -0.302. The Kier molecular flexibility index (Phi) is 8.24. The molecule has 0 spiro atoms. The number of carbonyl (C=O) groups excluding carboxylic acids is 2. The molecule has 2 fully saturated rings. The van der Waals surface area contributed by atoms with E-state index in [2.05, 4.69) is 20.9 Å². The zero-order valence-electron chi connectivity index (χ0n) is 16.9. The topological polar surface area (TPSA) is 83.1 Å². The van der Waals surface area contributed by atoms with Crippen LogP contribution < -0.4 is 16.0 Å². The van der Waals surface area contributed by atoms with E-state index in [9.17, 15) is 9.59 Å². The van der Waals surface area contributed by atoms with E-state index < -0.39 is 0 Å². The summed E-state index contributed by atoms with van der Waals surface area (Å²) in [6.45, 7) is 3.61. The van der Waals surface area contributed by atoms with Crippen molar-refractivity contribution in [1.29, 1.82) is 0 Å². The number of anilines is 2. The van der Waals surface area contributed by atoms with Crippen molar-refractivity contribution in [3.05, 3.63) is 53.9 Å². The maximum absolute atomic E-state index is 13.2. The van der Waals surface area contributed by atoms with Gasteiger partial charge in [-0.2, -0.15) is 0 Å². The van der Waals surface area contributed by atoms with E-state index in [1.54, 1.807) is 24.5 Å². The summed E-state index contributed by atoms with van der Waals surface area (Å²) < 4.78 is 0. The van der Waals surface area contributed by atoms with Gasteiger partial charge in [-0.15, -0.1) is 24.8 Å². The van der Waals surface area contributed by atoms with Crippen molar-refractivity contribution in [3.63, 3.8) is 0 Å². The second-order valence-electron chi connectivity index (χ2n) is 7.90. The molecule has 162 valence electrons. The van der Waals surface area contributed by atoms with Crippen molar-refractivity contribution in [2.24, 2.45) is 11.3 Å². The number of rotatable bonds is 4. The number of hydrogen-bond acceptors (Lipinski definition) is 4. The maximum atomic E-state index is 13.2. The number of aromatic nitrogens is 1. The van der Waals surface area contributed by atoms with Gasteiger partial charge in [0.1, 0.15) is 0 Å². The molecule has 2 aliphatic rings. The fourth-order valence-corrected chi connectivity index (χ4v) is 4.48. The van der Waals surface area contributed by atoms with E-state index in [0.717, 1.165) is 37.9 Å². The molecule has 1 saturated heterocycles. The Labute approximate surface area is 189 Å². The average Bonchev–Trinajstić information content (AvgIpc) is 3.16. The molecule has 2 heterocycles. The quantitative estimate of drug-likeness (QED) is 0.651. The monoisotopic (exact) mass is 450 g/mol. The van der Waals surface area contributed by atoms with Crippen LogP contribution in [0.1, 0.15) is 41.6 Å². The molecule has 2 atom stereocenters. The van der Waals surface area contributed by atoms with Crippen LogP contribution in [-0.2, 0) is 4.79 Å². The molecule has 1 aliphatic carbocycles. The van der Waals surface area contributed by atoms with Crippen molar-refractivity contribution >= 4 is 48.0 Å².